The number of hydrogen-bond acceptors (Lipinski definition) is 4. The lowest BCUT2D eigenvalue weighted by atomic mass is 10.2. The predicted molar refractivity (Wildman–Crippen MR) is 91.5 cm³/mol. The van der Waals surface area contributed by atoms with Gasteiger partial charge in [-0.3, -0.25) is 10.4 Å². The van der Waals surface area contributed by atoms with E-state index in [9.17, 15) is 0 Å². The Morgan fingerprint density at radius 2 is 1.50 bits per heavy atom. The highest BCUT2D eigenvalue weighted by molar-refractivity contribution is 6.35. The molecule has 1 heterocycles. The van der Waals surface area contributed by atoms with E-state index >= 15 is 0 Å². The lowest BCUT2D eigenvalue weighted by Crippen LogP contribution is -2.49. The highest BCUT2D eigenvalue weighted by Crippen LogP contribution is 2.21. The molecule has 4 nitrogen and oxygen atoms in total. The van der Waals surface area contributed by atoms with Crippen LogP contribution in [-0.4, -0.2) is 23.2 Å². The van der Waals surface area contributed by atoms with E-state index < -0.39 is 0 Å². The first-order valence-electron chi connectivity index (χ1n) is 6.90. The van der Waals surface area contributed by atoms with Gasteiger partial charge in [0.2, 0.25) is 0 Å². The summed E-state index contributed by atoms with van der Waals surface area (Å²) < 4.78 is 0. The van der Waals surface area contributed by atoms with Crippen LogP contribution in [0.1, 0.15) is 18.1 Å². The minimum absolute atomic E-state index is 0.614. The van der Waals surface area contributed by atoms with Gasteiger partial charge in [0.05, 0.1) is 10.0 Å². The second-order valence-corrected chi connectivity index (χ2v) is 5.50. The van der Waals surface area contributed by atoms with Crippen molar-refractivity contribution in [2.75, 3.05) is 6.54 Å². The van der Waals surface area contributed by atoms with E-state index in [1.165, 1.54) is 0 Å². The Bertz CT molecular complexity index is 755. The maximum absolute atomic E-state index is 6.25. The third-order valence-corrected chi connectivity index (χ3v) is 3.96. The Hall–Kier alpha value is -2.04. The zero-order valence-electron chi connectivity index (χ0n) is 11.9. The molecule has 0 aliphatic carbocycles. The highest BCUT2D eigenvalue weighted by atomic mass is 35.5. The van der Waals surface area contributed by atoms with Gasteiger partial charge in [0.25, 0.3) is 0 Å². The fourth-order valence-electron chi connectivity index (χ4n) is 2.19. The zero-order chi connectivity index (χ0) is 15.5. The van der Waals surface area contributed by atoms with Crippen LogP contribution in [0.3, 0.4) is 0 Å². The van der Waals surface area contributed by atoms with Crippen molar-refractivity contribution in [1.82, 2.24) is 10.4 Å². The van der Waals surface area contributed by atoms with Crippen molar-refractivity contribution in [3.05, 3.63) is 69.7 Å². The molecule has 0 saturated heterocycles. The molecule has 6 heteroatoms. The van der Waals surface area contributed by atoms with Gasteiger partial charge in [-0.1, -0.05) is 47.5 Å². The number of amidine groups is 2. The fraction of sp³-hybridized carbons (Fsp3) is 0.125. The Labute approximate surface area is 139 Å². The second kappa shape index (κ2) is 6.38. The van der Waals surface area contributed by atoms with Crippen LogP contribution in [0, 0.1) is 0 Å². The summed E-state index contributed by atoms with van der Waals surface area (Å²) in [5, 5.41) is 11.8. The van der Waals surface area contributed by atoms with Gasteiger partial charge in [-0.15, -0.1) is 10.2 Å². The first-order valence-corrected chi connectivity index (χ1v) is 7.66. The van der Waals surface area contributed by atoms with Crippen LogP contribution in [0.4, 0.5) is 0 Å². The van der Waals surface area contributed by atoms with Crippen LogP contribution < -0.4 is 5.43 Å². The summed E-state index contributed by atoms with van der Waals surface area (Å²) >= 11 is 12.5. The van der Waals surface area contributed by atoms with Gasteiger partial charge >= 0.3 is 0 Å². The molecule has 0 saturated carbocycles. The van der Waals surface area contributed by atoms with Crippen LogP contribution >= 0.6 is 23.2 Å². The highest BCUT2D eigenvalue weighted by Gasteiger charge is 2.21. The van der Waals surface area contributed by atoms with E-state index in [1.54, 1.807) is 0 Å². The number of rotatable bonds is 3. The summed E-state index contributed by atoms with van der Waals surface area (Å²) in [6, 6.07) is 15.1. The molecule has 1 N–H and O–H groups in total. The molecule has 2 aromatic carbocycles. The maximum Gasteiger partial charge on any atom is 0.178 e. The van der Waals surface area contributed by atoms with Crippen LogP contribution in [0.2, 0.25) is 10.0 Å². The molecule has 0 radical (unpaired) electrons. The molecule has 1 aliphatic rings. The Morgan fingerprint density at radius 1 is 0.909 bits per heavy atom. The summed E-state index contributed by atoms with van der Waals surface area (Å²) in [6.07, 6.45) is 0. The molecule has 0 unspecified atom stereocenters. The minimum Gasteiger partial charge on any atom is -0.278 e. The summed E-state index contributed by atoms with van der Waals surface area (Å²) in [7, 11) is 0. The molecular weight excluding hydrogens is 319 g/mol. The summed E-state index contributed by atoms with van der Waals surface area (Å²) in [4.78, 5) is 0. The van der Waals surface area contributed by atoms with E-state index in [-0.39, 0.29) is 0 Å². The van der Waals surface area contributed by atoms with Gasteiger partial charge in [0.1, 0.15) is 0 Å². The standard InChI is InChI=1S/C16H14Cl2N4/c1-2-22-16(12-8-4-6-10-14(12)18)20-19-15(21-22)11-7-3-5-9-13(11)17/h3-10H,2H2,1H3,(H,19,21). The predicted octanol–water partition coefficient (Wildman–Crippen LogP) is 3.94. The van der Waals surface area contributed by atoms with Gasteiger partial charge in [-0.05, 0) is 31.2 Å². The van der Waals surface area contributed by atoms with E-state index in [0.29, 0.717) is 28.3 Å². The van der Waals surface area contributed by atoms with Crippen molar-refractivity contribution in [2.45, 2.75) is 6.92 Å². The Balaban J connectivity index is 2.03. The molecule has 0 atom stereocenters. The van der Waals surface area contributed by atoms with Crippen LogP contribution in [0.15, 0.2) is 58.7 Å². The van der Waals surface area contributed by atoms with Crippen molar-refractivity contribution in [3.63, 3.8) is 0 Å². The molecule has 112 valence electrons. The second-order valence-electron chi connectivity index (χ2n) is 4.69. The van der Waals surface area contributed by atoms with Gasteiger partial charge < -0.3 is 0 Å². The normalized spacial score (nSPS) is 14.2. The monoisotopic (exact) mass is 332 g/mol. The summed E-state index contributed by atoms with van der Waals surface area (Å²) in [5.74, 6) is 1.30. The minimum atomic E-state index is 0.614. The average molecular weight is 333 g/mol. The maximum atomic E-state index is 6.25. The number of nitrogens with zero attached hydrogens (tertiary/aromatic N) is 3. The van der Waals surface area contributed by atoms with E-state index in [4.69, 9.17) is 23.2 Å². The van der Waals surface area contributed by atoms with Crippen LogP contribution in [0.25, 0.3) is 0 Å². The van der Waals surface area contributed by atoms with Gasteiger partial charge in [-0.25, -0.2) is 0 Å². The van der Waals surface area contributed by atoms with E-state index in [1.807, 2.05) is 60.5 Å². The van der Waals surface area contributed by atoms with Crippen LogP contribution in [-0.2, 0) is 0 Å². The summed E-state index contributed by atoms with van der Waals surface area (Å²) in [6.45, 7) is 2.72. The lowest BCUT2D eigenvalue weighted by Gasteiger charge is -2.29. The van der Waals surface area contributed by atoms with Crippen molar-refractivity contribution >= 4 is 34.9 Å². The first kappa shape index (κ1) is 14.9. The fourth-order valence-corrected chi connectivity index (χ4v) is 2.64. The summed E-state index contributed by atoms with van der Waals surface area (Å²) in [5.41, 5.74) is 4.89. The molecule has 0 aromatic heterocycles. The van der Waals surface area contributed by atoms with E-state index in [2.05, 4.69) is 15.6 Å². The molecule has 3 rings (SSSR count). The van der Waals surface area contributed by atoms with Gasteiger partial charge in [0, 0.05) is 17.7 Å². The molecule has 2 aromatic rings. The Morgan fingerprint density at radius 3 is 2.09 bits per heavy atom. The SMILES string of the molecule is CCN1NC(c2ccccc2Cl)=NN=C1c1ccccc1Cl. The number of benzene rings is 2. The molecule has 0 fully saturated rings. The average Bonchev–Trinajstić information content (AvgIpc) is 2.55. The van der Waals surface area contributed by atoms with Crippen LogP contribution in [0.5, 0.6) is 0 Å². The molecule has 0 spiro atoms. The van der Waals surface area contributed by atoms with Crippen molar-refractivity contribution in [2.24, 2.45) is 10.2 Å². The number of halogens is 2. The molecule has 0 amide bonds. The topological polar surface area (TPSA) is 40.0 Å². The van der Waals surface area contributed by atoms with Crippen molar-refractivity contribution < 1.29 is 0 Å². The number of hydrazine groups is 1. The lowest BCUT2D eigenvalue weighted by molar-refractivity contribution is 0.388. The van der Waals surface area contributed by atoms with Gasteiger partial charge in [0.15, 0.2) is 11.7 Å². The molecule has 22 heavy (non-hydrogen) atoms. The number of nitrogens with one attached hydrogen (secondary N) is 1. The molecular formula is C16H14Cl2N4. The smallest absolute Gasteiger partial charge is 0.178 e. The third kappa shape index (κ3) is 2.80. The number of hydrogen-bond donors (Lipinski definition) is 1. The third-order valence-electron chi connectivity index (χ3n) is 3.30. The quantitative estimate of drug-likeness (QED) is 0.924. The van der Waals surface area contributed by atoms with Crippen molar-refractivity contribution in [3.8, 4) is 0 Å². The Kier molecular flexibility index (Phi) is 4.32. The van der Waals surface area contributed by atoms with E-state index in [0.717, 1.165) is 11.1 Å². The molecule has 1 aliphatic heterocycles. The van der Waals surface area contributed by atoms with Crippen molar-refractivity contribution in [1.29, 1.82) is 0 Å². The zero-order valence-corrected chi connectivity index (χ0v) is 13.4. The molecule has 0 bridgehead atoms. The largest absolute Gasteiger partial charge is 0.278 e. The van der Waals surface area contributed by atoms with Gasteiger partial charge in [-0.2, -0.15) is 0 Å². The first-order chi connectivity index (χ1) is 10.7.